The lowest BCUT2D eigenvalue weighted by Crippen LogP contribution is -2.32. The molecule has 1 aromatic carbocycles. The minimum Gasteiger partial charge on any atom is -0.366 e. The van der Waals surface area contributed by atoms with Gasteiger partial charge in [0.25, 0.3) is 0 Å². The van der Waals surface area contributed by atoms with Crippen molar-refractivity contribution in [3.8, 4) is 11.3 Å². The first-order valence-electron chi connectivity index (χ1n) is 7.62. The van der Waals surface area contributed by atoms with E-state index in [1.807, 2.05) is 13.0 Å². The van der Waals surface area contributed by atoms with E-state index in [4.69, 9.17) is 0 Å². The maximum atomic E-state index is 12.9. The van der Waals surface area contributed by atoms with Gasteiger partial charge in [0.05, 0.1) is 16.9 Å². The van der Waals surface area contributed by atoms with Gasteiger partial charge < -0.3 is 10.2 Å². The highest BCUT2D eigenvalue weighted by atomic mass is 19.4. The molecule has 120 valence electrons. The topological polar surface area (TPSA) is 28.2 Å². The summed E-state index contributed by atoms with van der Waals surface area (Å²) in [6.07, 6.45) is -3.28. The van der Waals surface area contributed by atoms with Gasteiger partial charge in [-0.1, -0.05) is 12.1 Å². The number of nitrogens with zero attached hydrogens (tertiary/aromatic N) is 2. The van der Waals surface area contributed by atoms with Crippen molar-refractivity contribution in [1.82, 2.24) is 4.98 Å². The Labute approximate surface area is 132 Å². The Balaban J connectivity index is 1.80. The smallest absolute Gasteiger partial charge is 0.366 e. The molecule has 1 N–H and O–H groups in total. The Bertz CT molecular complexity index is 770. The highest BCUT2D eigenvalue weighted by molar-refractivity contribution is 5.77. The fourth-order valence-electron chi connectivity index (χ4n) is 3.37. The third-order valence-electron chi connectivity index (χ3n) is 4.53. The molecule has 2 aliphatic rings. The summed E-state index contributed by atoms with van der Waals surface area (Å²) in [5, 5.41) is 3.40. The molecule has 0 radical (unpaired) electrons. The molecule has 0 amide bonds. The lowest BCUT2D eigenvalue weighted by atomic mass is 10.0. The Morgan fingerprint density at radius 3 is 2.87 bits per heavy atom. The second-order valence-corrected chi connectivity index (χ2v) is 6.18. The number of nitrogens with one attached hydrogen (secondary N) is 1. The maximum absolute atomic E-state index is 12.9. The van der Waals surface area contributed by atoms with Crippen molar-refractivity contribution in [3.05, 3.63) is 41.5 Å². The number of aromatic nitrogens is 1. The van der Waals surface area contributed by atoms with Crippen molar-refractivity contribution in [2.45, 2.75) is 25.6 Å². The molecule has 1 saturated heterocycles. The third kappa shape index (κ3) is 2.42. The van der Waals surface area contributed by atoms with Gasteiger partial charge in [-0.15, -0.1) is 0 Å². The molecule has 2 bridgehead atoms. The molecule has 2 aromatic rings. The van der Waals surface area contributed by atoms with Crippen LogP contribution < -0.4 is 10.2 Å². The van der Waals surface area contributed by atoms with E-state index in [0.29, 0.717) is 17.3 Å². The summed E-state index contributed by atoms with van der Waals surface area (Å²) < 4.78 is 38.8. The Morgan fingerprint density at radius 2 is 2.09 bits per heavy atom. The van der Waals surface area contributed by atoms with Crippen LogP contribution in [0.3, 0.4) is 0 Å². The lowest BCUT2D eigenvalue weighted by molar-refractivity contribution is -0.137. The van der Waals surface area contributed by atoms with E-state index in [9.17, 15) is 13.2 Å². The molecular weight excluding hydrogens is 303 g/mol. The van der Waals surface area contributed by atoms with Gasteiger partial charge in [0.15, 0.2) is 5.82 Å². The van der Waals surface area contributed by atoms with Gasteiger partial charge >= 0.3 is 6.18 Å². The maximum Gasteiger partial charge on any atom is 0.416 e. The van der Waals surface area contributed by atoms with Gasteiger partial charge in [-0.25, -0.2) is 4.98 Å². The van der Waals surface area contributed by atoms with Crippen LogP contribution in [0.5, 0.6) is 0 Å². The van der Waals surface area contributed by atoms with E-state index in [1.165, 1.54) is 12.1 Å². The number of fused-ring (bicyclic) bond motifs is 4. The van der Waals surface area contributed by atoms with Crippen molar-refractivity contribution in [2.75, 3.05) is 23.3 Å². The van der Waals surface area contributed by atoms with Crippen LogP contribution in [0.1, 0.15) is 17.5 Å². The average molecular weight is 319 g/mol. The Kier molecular flexibility index (Phi) is 3.04. The number of anilines is 2. The number of benzene rings is 1. The number of aryl methyl sites for hydroxylation is 1. The first-order chi connectivity index (χ1) is 10.9. The molecule has 23 heavy (non-hydrogen) atoms. The predicted octanol–water partition coefficient (Wildman–Crippen LogP) is 4.08. The summed E-state index contributed by atoms with van der Waals surface area (Å²) >= 11 is 0. The summed E-state index contributed by atoms with van der Waals surface area (Å²) in [5.41, 5.74) is 2.38. The molecule has 2 aliphatic heterocycles. The minimum absolute atomic E-state index is 0.382. The first kappa shape index (κ1) is 14.4. The SMILES string of the molecule is Cc1cc2c(nc1-c1cccc(C(F)(F)F)c1)N[C@H]1CCN2C1. The largest absolute Gasteiger partial charge is 0.416 e. The molecule has 6 heteroatoms. The zero-order valence-electron chi connectivity index (χ0n) is 12.6. The van der Waals surface area contributed by atoms with Gasteiger partial charge in [0.1, 0.15) is 0 Å². The lowest BCUT2D eigenvalue weighted by Gasteiger charge is -2.28. The molecule has 1 atom stereocenters. The van der Waals surface area contributed by atoms with Crippen LogP contribution in [-0.2, 0) is 6.18 Å². The van der Waals surface area contributed by atoms with E-state index in [1.54, 1.807) is 6.07 Å². The van der Waals surface area contributed by atoms with Crippen LogP contribution >= 0.6 is 0 Å². The van der Waals surface area contributed by atoms with Crippen LogP contribution in [0.2, 0.25) is 0 Å². The van der Waals surface area contributed by atoms with Crippen LogP contribution in [0, 0.1) is 6.92 Å². The third-order valence-corrected chi connectivity index (χ3v) is 4.53. The number of hydrogen-bond acceptors (Lipinski definition) is 3. The quantitative estimate of drug-likeness (QED) is 0.858. The van der Waals surface area contributed by atoms with Gasteiger partial charge in [-0.05, 0) is 37.1 Å². The van der Waals surface area contributed by atoms with Crippen molar-refractivity contribution >= 4 is 11.5 Å². The number of hydrogen-bond donors (Lipinski definition) is 1. The van der Waals surface area contributed by atoms with Crippen molar-refractivity contribution < 1.29 is 13.2 Å². The highest BCUT2D eigenvalue weighted by Crippen LogP contribution is 2.38. The highest BCUT2D eigenvalue weighted by Gasteiger charge is 2.32. The van der Waals surface area contributed by atoms with E-state index in [-0.39, 0.29) is 0 Å². The predicted molar refractivity (Wildman–Crippen MR) is 83.7 cm³/mol. The monoisotopic (exact) mass is 319 g/mol. The zero-order chi connectivity index (χ0) is 16.2. The van der Waals surface area contributed by atoms with Crippen LogP contribution in [0.25, 0.3) is 11.3 Å². The summed E-state index contributed by atoms with van der Waals surface area (Å²) in [6.45, 7) is 3.86. The standard InChI is InChI=1S/C17H16F3N3/c1-10-7-14-16(21-13-5-6-23(14)9-13)22-15(10)11-3-2-4-12(8-11)17(18,19)20/h2-4,7-8,13H,5-6,9H2,1H3,(H,21,22)/t13-/m0/s1. The summed E-state index contributed by atoms with van der Waals surface area (Å²) in [6, 6.07) is 7.76. The molecule has 1 aromatic heterocycles. The molecule has 0 unspecified atom stereocenters. The fourth-order valence-corrected chi connectivity index (χ4v) is 3.37. The van der Waals surface area contributed by atoms with E-state index in [0.717, 1.165) is 42.6 Å². The number of halogens is 3. The van der Waals surface area contributed by atoms with Gasteiger partial charge in [0.2, 0.25) is 0 Å². The number of pyridine rings is 1. The van der Waals surface area contributed by atoms with Gasteiger partial charge in [-0.3, -0.25) is 0 Å². The van der Waals surface area contributed by atoms with Crippen molar-refractivity contribution in [2.24, 2.45) is 0 Å². The first-order valence-corrected chi connectivity index (χ1v) is 7.62. The second-order valence-electron chi connectivity index (χ2n) is 6.18. The average Bonchev–Trinajstić information content (AvgIpc) is 2.90. The number of rotatable bonds is 1. The minimum atomic E-state index is -4.35. The molecule has 4 rings (SSSR count). The zero-order valence-corrected chi connectivity index (χ0v) is 12.6. The van der Waals surface area contributed by atoms with Crippen molar-refractivity contribution in [1.29, 1.82) is 0 Å². The molecular formula is C17H16F3N3. The fraction of sp³-hybridized carbons (Fsp3) is 0.353. The molecule has 0 saturated carbocycles. The molecule has 3 nitrogen and oxygen atoms in total. The normalized spacial score (nSPS) is 19.5. The van der Waals surface area contributed by atoms with Crippen LogP contribution in [0.4, 0.5) is 24.7 Å². The van der Waals surface area contributed by atoms with Crippen molar-refractivity contribution in [3.63, 3.8) is 0 Å². The number of alkyl halides is 3. The summed E-state index contributed by atoms with van der Waals surface area (Å²) in [4.78, 5) is 6.91. The van der Waals surface area contributed by atoms with Crippen LogP contribution in [0.15, 0.2) is 30.3 Å². The van der Waals surface area contributed by atoms with Gasteiger partial charge in [-0.2, -0.15) is 13.2 Å². The molecule has 0 aliphatic carbocycles. The Hall–Kier alpha value is -2.24. The molecule has 1 fully saturated rings. The second kappa shape index (κ2) is 4.88. The summed E-state index contributed by atoms with van der Waals surface area (Å²) in [5.74, 6) is 0.775. The Morgan fingerprint density at radius 1 is 1.26 bits per heavy atom. The van der Waals surface area contributed by atoms with E-state index >= 15 is 0 Å². The van der Waals surface area contributed by atoms with E-state index in [2.05, 4.69) is 15.2 Å². The molecule has 0 spiro atoms. The van der Waals surface area contributed by atoms with Crippen LogP contribution in [-0.4, -0.2) is 24.1 Å². The summed E-state index contributed by atoms with van der Waals surface area (Å²) in [7, 11) is 0. The van der Waals surface area contributed by atoms with Gasteiger partial charge in [0, 0.05) is 24.7 Å². The molecule has 3 heterocycles. The van der Waals surface area contributed by atoms with E-state index < -0.39 is 11.7 Å².